The van der Waals surface area contributed by atoms with Crippen LogP contribution in [0.3, 0.4) is 0 Å². The quantitative estimate of drug-likeness (QED) is 0.608. The van der Waals surface area contributed by atoms with Crippen LogP contribution < -0.4 is 4.74 Å². The van der Waals surface area contributed by atoms with Crippen LogP contribution in [-0.2, 0) is 9.59 Å². The first-order valence-electron chi connectivity index (χ1n) is 8.88. The fourth-order valence-electron chi connectivity index (χ4n) is 3.49. The predicted octanol–water partition coefficient (Wildman–Crippen LogP) is 2.81. The number of hydrogen-bond donors (Lipinski definition) is 0. The van der Waals surface area contributed by atoms with E-state index in [9.17, 15) is 14.4 Å². The molecule has 6 heteroatoms. The van der Waals surface area contributed by atoms with Crippen molar-refractivity contribution < 1.29 is 19.1 Å². The standard InChI is InChI=1S/C19H24N2O4/c1-13-8-9-14(2)16(12-13)25-11-10-20-17(22)18(23)21(19(20)24)15-6-4-3-5-7-15/h8-9,12,15H,3-7,10-11H2,1-2H3. The van der Waals surface area contributed by atoms with Crippen LogP contribution in [0.2, 0.25) is 0 Å². The van der Waals surface area contributed by atoms with Crippen molar-refractivity contribution in [3.8, 4) is 5.75 Å². The van der Waals surface area contributed by atoms with Gasteiger partial charge in [0.15, 0.2) is 0 Å². The zero-order valence-corrected chi connectivity index (χ0v) is 14.8. The number of imide groups is 2. The lowest BCUT2D eigenvalue weighted by atomic mass is 9.94. The van der Waals surface area contributed by atoms with Crippen molar-refractivity contribution in [1.29, 1.82) is 0 Å². The predicted molar refractivity (Wildman–Crippen MR) is 92.2 cm³/mol. The largest absolute Gasteiger partial charge is 0.491 e. The molecule has 25 heavy (non-hydrogen) atoms. The number of amides is 4. The summed E-state index contributed by atoms with van der Waals surface area (Å²) in [6.07, 6.45) is 4.68. The first kappa shape index (κ1) is 17.5. The third-order valence-electron chi connectivity index (χ3n) is 4.94. The van der Waals surface area contributed by atoms with Gasteiger partial charge in [-0.2, -0.15) is 0 Å². The lowest BCUT2D eigenvalue weighted by Crippen LogP contribution is -2.42. The van der Waals surface area contributed by atoms with Crippen molar-refractivity contribution in [2.45, 2.75) is 52.0 Å². The summed E-state index contributed by atoms with van der Waals surface area (Å²) in [6.45, 7) is 4.17. The Morgan fingerprint density at radius 1 is 1.04 bits per heavy atom. The van der Waals surface area contributed by atoms with Crippen molar-refractivity contribution in [1.82, 2.24) is 9.80 Å². The molecule has 0 N–H and O–H groups in total. The molecule has 2 aliphatic rings. The third-order valence-corrected chi connectivity index (χ3v) is 4.94. The molecular weight excluding hydrogens is 320 g/mol. The van der Waals surface area contributed by atoms with Gasteiger partial charge in [-0.25, -0.2) is 4.79 Å². The summed E-state index contributed by atoms with van der Waals surface area (Å²) in [5, 5.41) is 0. The second-order valence-corrected chi connectivity index (χ2v) is 6.82. The number of carbonyl (C=O) groups is 3. The Bertz CT molecular complexity index is 695. The van der Waals surface area contributed by atoms with Crippen LogP contribution in [-0.4, -0.2) is 46.8 Å². The van der Waals surface area contributed by atoms with Gasteiger partial charge in [-0.3, -0.25) is 19.4 Å². The molecule has 1 aliphatic heterocycles. The average Bonchev–Trinajstić information content (AvgIpc) is 2.82. The zero-order valence-electron chi connectivity index (χ0n) is 14.8. The molecule has 1 saturated heterocycles. The fourth-order valence-corrected chi connectivity index (χ4v) is 3.49. The molecule has 1 aromatic rings. The van der Waals surface area contributed by atoms with Crippen molar-refractivity contribution in [2.24, 2.45) is 0 Å². The van der Waals surface area contributed by atoms with E-state index in [-0.39, 0.29) is 19.2 Å². The van der Waals surface area contributed by atoms with E-state index in [1.807, 2.05) is 32.0 Å². The van der Waals surface area contributed by atoms with E-state index in [1.54, 1.807) is 0 Å². The summed E-state index contributed by atoms with van der Waals surface area (Å²) < 4.78 is 5.72. The number of aryl methyl sites for hydroxylation is 2. The van der Waals surface area contributed by atoms with Crippen molar-refractivity contribution in [3.05, 3.63) is 29.3 Å². The zero-order chi connectivity index (χ0) is 18.0. The Morgan fingerprint density at radius 2 is 1.76 bits per heavy atom. The first-order valence-corrected chi connectivity index (χ1v) is 8.88. The maximum absolute atomic E-state index is 12.5. The van der Waals surface area contributed by atoms with Crippen molar-refractivity contribution in [3.63, 3.8) is 0 Å². The van der Waals surface area contributed by atoms with Crippen LogP contribution in [0, 0.1) is 13.8 Å². The number of nitrogens with zero attached hydrogens (tertiary/aromatic N) is 2. The smallest absolute Gasteiger partial charge is 0.334 e. The highest BCUT2D eigenvalue weighted by Crippen LogP contribution is 2.27. The molecule has 3 rings (SSSR count). The monoisotopic (exact) mass is 344 g/mol. The highest BCUT2D eigenvalue weighted by molar-refractivity contribution is 6.44. The van der Waals surface area contributed by atoms with Gasteiger partial charge in [-0.15, -0.1) is 0 Å². The minimum Gasteiger partial charge on any atom is -0.491 e. The van der Waals surface area contributed by atoms with Gasteiger partial charge < -0.3 is 4.74 Å². The number of carbonyl (C=O) groups excluding carboxylic acids is 3. The molecule has 4 amide bonds. The Kier molecular flexibility index (Phi) is 5.06. The van der Waals surface area contributed by atoms with Gasteiger partial charge in [0, 0.05) is 6.04 Å². The molecule has 0 atom stereocenters. The fraction of sp³-hybridized carbons (Fsp3) is 0.526. The molecule has 0 bridgehead atoms. The van der Waals surface area contributed by atoms with Crippen LogP contribution in [0.25, 0.3) is 0 Å². The van der Waals surface area contributed by atoms with Gasteiger partial charge >= 0.3 is 17.8 Å². The maximum Gasteiger partial charge on any atom is 0.334 e. The third kappa shape index (κ3) is 3.52. The second-order valence-electron chi connectivity index (χ2n) is 6.82. The van der Waals surface area contributed by atoms with Crippen LogP contribution in [0.4, 0.5) is 4.79 Å². The van der Waals surface area contributed by atoms with E-state index in [2.05, 4.69) is 0 Å². The summed E-state index contributed by atoms with van der Waals surface area (Å²) in [5.74, 6) is -0.696. The molecule has 1 aromatic carbocycles. The van der Waals surface area contributed by atoms with Gasteiger partial charge in [0.2, 0.25) is 0 Å². The topological polar surface area (TPSA) is 66.9 Å². The Hall–Kier alpha value is -2.37. The minimum absolute atomic E-state index is 0.0833. The van der Waals surface area contributed by atoms with E-state index in [1.165, 1.54) is 4.90 Å². The highest BCUT2D eigenvalue weighted by Gasteiger charge is 2.47. The minimum atomic E-state index is -0.736. The van der Waals surface area contributed by atoms with Gasteiger partial charge in [0.25, 0.3) is 0 Å². The molecule has 2 fully saturated rings. The molecule has 1 aliphatic carbocycles. The summed E-state index contributed by atoms with van der Waals surface area (Å²) in [4.78, 5) is 39.1. The van der Waals surface area contributed by atoms with E-state index in [0.29, 0.717) is 0 Å². The number of urea groups is 1. The number of rotatable bonds is 5. The van der Waals surface area contributed by atoms with E-state index < -0.39 is 17.8 Å². The van der Waals surface area contributed by atoms with Crippen LogP contribution in [0.15, 0.2) is 18.2 Å². The first-order chi connectivity index (χ1) is 12.0. The van der Waals surface area contributed by atoms with Crippen molar-refractivity contribution >= 4 is 17.8 Å². The van der Waals surface area contributed by atoms with Gasteiger partial charge in [0.05, 0.1) is 6.54 Å². The molecule has 0 unspecified atom stereocenters. The number of hydrogen-bond acceptors (Lipinski definition) is 4. The van der Waals surface area contributed by atoms with Crippen LogP contribution >= 0.6 is 0 Å². The number of ether oxygens (including phenoxy) is 1. The molecule has 6 nitrogen and oxygen atoms in total. The summed E-state index contributed by atoms with van der Waals surface area (Å²) in [5.41, 5.74) is 2.07. The summed E-state index contributed by atoms with van der Waals surface area (Å²) in [7, 11) is 0. The van der Waals surface area contributed by atoms with Gasteiger partial charge in [-0.05, 0) is 43.9 Å². The van der Waals surface area contributed by atoms with E-state index >= 15 is 0 Å². The lowest BCUT2D eigenvalue weighted by Gasteiger charge is -2.28. The lowest BCUT2D eigenvalue weighted by molar-refractivity contribution is -0.144. The molecule has 0 spiro atoms. The second kappa shape index (κ2) is 7.25. The Labute approximate surface area is 147 Å². The van der Waals surface area contributed by atoms with E-state index in [4.69, 9.17) is 4.74 Å². The normalized spacial score (nSPS) is 19.0. The number of benzene rings is 1. The van der Waals surface area contributed by atoms with Gasteiger partial charge in [-0.1, -0.05) is 31.4 Å². The molecule has 0 radical (unpaired) electrons. The van der Waals surface area contributed by atoms with Crippen LogP contribution in [0.5, 0.6) is 5.75 Å². The highest BCUT2D eigenvalue weighted by atomic mass is 16.5. The molecular formula is C19H24N2O4. The summed E-state index contributed by atoms with van der Waals surface area (Å²) in [6, 6.07) is 5.25. The molecule has 1 heterocycles. The van der Waals surface area contributed by atoms with Crippen LogP contribution in [0.1, 0.15) is 43.2 Å². The molecule has 134 valence electrons. The average molecular weight is 344 g/mol. The molecule has 1 saturated carbocycles. The molecule has 0 aromatic heterocycles. The maximum atomic E-state index is 12.5. The SMILES string of the molecule is Cc1ccc(C)c(OCCN2C(=O)C(=O)N(C3CCCCC3)C2=O)c1. The van der Waals surface area contributed by atoms with E-state index in [0.717, 1.165) is 53.9 Å². The Balaban J connectivity index is 1.62. The van der Waals surface area contributed by atoms with Crippen molar-refractivity contribution in [2.75, 3.05) is 13.2 Å². The Morgan fingerprint density at radius 3 is 2.48 bits per heavy atom. The van der Waals surface area contributed by atoms with Gasteiger partial charge in [0.1, 0.15) is 12.4 Å². The summed E-state index contributed by atoms with van der Waals surface area (Å²) >= 11 is 0.